The van der Waals surface area contributed by atoms with Crippen molar-refractivity contribution in [2.45, 2.75) is 104 Å². The Balaban J connectivity index is 0.000000304. The van der Waals surface area contributed by atoms with Gasteiger partial charge in [-0.2, -0.15) is 5.26 Å². The molecule has 0 saturated heterocycles. The molecule has 0 bridgehead atoms. The van der Waals surface area contributed by atoms with Gasteiger partial charge in [-0.3, -0.25) is 4.98 Å². The topological polar surface area (TPSA) is 54.5 Å². The van der Waals surface area contributed by atoms with E-state index in [-0.39, 0.29) is 48.2 Å². The molecule has 2 aliphatic carbocycles. The van der Waals surface area contributed by atoms with Gasteiger partial charge in [0.15, 0.2) is 0 Å². The van der Waals surface area contributed by atoms with Gasteiger partial charge in [0.1, 0.15) is 0 Å². The molecule has 5 heteroatoms. The molecule has 0 atom stereocenters. The summed E-state index contributed by atoms with van der Waals surface area (Å²) in [4.78, 5) is 9.88. The van der Waals surface area contributed by atoms with Crippen molar-refractivity contribution < 1.29 is 20.1 Å². The zero-order valence-corrected chi connectivity index (χ0v) is 44.6. The normalized spacial score (nSPS) is 13.7. The van der Waals surface area contributed by atoms with Crippen LogP contribution in [-0.2, 0) is 36.4 Å². The molecule has 0 fully saturated rings. The maximum absolute atomic E-state index is 9.71. The molecule has 2 aromatic heterocycles. The second-order valence-corrected chi connectivity index (χ2v) is 21.6. The molecule has 2 heterocycles. The van der Waals surface area contributed by atoms with Crippen LogP contribution in [0.2, 0.25) is 0 Å². The van der Waals surface area contributed by atoms with E-state index >= 15 is 0 Å². The van der Waals surface area contributed by atoms with Crippen molar-refractivity contribution in [1.82, 2.24) is 14.5 Å². The minimum absolute atomic E-state index is 0. The molecule has 11 rings (SSSR count). The Morgan fingerprint density at radius 1 is 0.614 bits per heavy atom. The van der Waals surface area contributed by atoms with E-state index in [1.165, 1.54) is 78.0 Å². The number of rotatable bonds is 6. The van der Waals surface area contributed by atoms with E-state index < -0.39 is 0 Å². The standard InChI is InChI=1S/C50H44N3.C15H16N.Ir/c1-29(2)37-24-33(32-15-10-9-11-16-32)25-38(30(3)4)47(37)53-45-20-13-12-19-44(45)52-48(53)36-18-14-17-35-40-27-42-39(26-43(40)50(7,8)46(35)36)34-22-21-31(28-51)23-41(34)49(42,5)6;1-15(2,3)13-9-10-16-14(11-13)12-7-5-4-6-8-12;/h9-17,19-27,29-30H,1-8H3;4-7,9-11H,1-3H3;/q2*-1;. The maximum atomic E-state index is 9.71. The van der Waals surface area contributed by atoms with E-state index in [1.54, 1.807) is 0 Å². The van der Waals surface area contributed by atoms with Crippen LogP contribution in [0.5, 0.6) is 0 Å². The van der Waals surface area contributed by atoms with Gasteiger partial charge in [0, 0.05) is 37.4 Å². The van der Waals surface area contributed by atoms with Crippen LogP contribution in [0.15, 0.2) is 152 Å². The summed E-state index contributed by atoms with van der Waals surface area (Å²) in [6.07, 6.45) is 1.87. The Labute approximate surface area is 428 Å². The third-order valence-corrected chi connectivity index (χ3v) is 14.7. The van der Waals surface area contributed by atoms with Crippen LogP contribution < -0.4 is 0 Å². The summed E-state index contributed by atoms with van der Waals surface area (Å²) in [6.45, 7) is 25.2. The number of imidazole rings is 1. The van der Waals surface area contributed by atoms with Crippen LogP contribution >= 0.6 is 0 Å². The second-order valence-electron chi connectivity index (χ2n) is 21.6. The fourth-order valence-electron chi connectivity index (χ4n) is 10.9. The number of nitrogens with zero attached hydrogens (tertiary/aromatic N) is 4. The summed E-state index contributed by atoms with van der Waals surface area (Å²) >= 11 is 0. The van der Waals surface area contributed by atoms with Gasteiger partial charge >= 0.3 is 0 Å². The summed E-state index contributed by atoms with van der Waals surface area (Å²) in [5, 5.41) is 9.71. The largest absolute Gasteiger partial charge is 0.333 e. The number of aromatic nitrogens is 3. The first kappa shape index (κ1) is 48.3. The molecule has 0 saturated carbocycles. The van der Waals surface area contributed by atoms with Crippen molar-refractivity contribution in [2.75, 3.05) is 0 Å². The average molecular weight is 1090 g/mol. The summed E-state index contributed by atoms with van der Waals surface area (Å²) in [7, 11) is 0. The molecule has 0 aliphatic heterocycles. The summed E-state index contributed by atoms with van der Waals surface area (Å²) in [6, 6.07) is 61.0. The van der Waals surface area contributed by atoms with Crippen molar-refractivity contribution in [3.05, 3.63) is 208 Å². The number of para-hydroxylation sites is 2. The van der Waals surface area contributed by atoms with Crippen LogP contribution in [0.4, 0.5) is 0 Å². The van der Waals surface area contributed by atoms with Gasteiger partial charge in [0.2, 0.25) is 0 Å². The Morgan fingerprint density at radius 2 is 1.26 bits per heavy atom. The van der Waals surface area contributed by atoms with E-state index in [1.807, 2.05) is 36.5 Å². The fraction of sp³-hybridized carbons (Fsp3) is 0.246. The molecule has 2 aliphatic rings. The summed E-state index contributed by atoms with van der Waals surface area (Å²) < 4.78 is 2.45. The molecule has 0 spiro atoms. The minimum atomic E-state index is -0.311. The van der Waals surface area contributed by atoms with Crippen LogP contribution in [-0.4, -0.2) is 14.5 Å². The third kappa shape index (κ3) is 8.16. The molecule has 0 unspecified atom stereocenters. The number of hydrogen-bond donors (Lipinski definition) is 0. The average Bonchev–Trinajstić information content (AvgIpc) is 3.92. The zero-order chi connectivity index (χ0) is 48.6. The third-order valence-electron chi connectivity index (χ3n) is 14.7. The molecule has 0 N–H and O–H groups in total. The molecule has 9 aromatic rings. The van der Waals surface area contributed by atoms with E-state index in [0.29, 0.717) is 5.56 Å². The Kier molecular flexibility index (Phi) is 12.6. The molecule has 351 valence electrons. The van der Waals surface area contributed by atoms with Gasteiger partial charge in [-0.1, -0.05) is 148 Å². The van der Waals surface area contributed by atoms with Crippen molar-refractivity contribution in [1.29, 1.82) is 5.26 Å². The van der Waals surface area contributed by atoms with Gasteiger partial charge in [-0.25, -0.2) is 0 Å². The molecule has 0 amide bonds. The first-order valence-corrected chi connectivity index (χ1v) is 24.4. The van der Waals surface area contributed by atoms with Crippen molar-refractivity contribution in [3.63, 3.8) is 0 Å². The Hall–Kier alpha value is -6.70. The van der Waals surface area contributed by atoms with Gasteiger partial charge in [0.05, 0.1) is 28.5 Å². The molecule has 1 radical (unpaired) electrons. The molecule has 4 nitrogen and oxygen atoms in total. The van der Waals surface area contributed by atoms with E-state index in [0.717, 1.165) is 33.7 Å². The number of hydrogen-bond acceptors (Lipinski definition) is 3. The van der Waals surface area contributed by atoms with Gasteiger partial charge in [0.25, 0.3) is 0 Å². The first-order chi connectivity index (χ1) is 33.0. The van der Waals surface area contributed by atoms with E-state index in [9.17, 15) is 5.26 Å². The van der Waals surface area contributed by atoms with Crippen LogP contribution in [0, 0.1) is 23.5 Å². The van der Waals surface area contributed by atoms with Crippen LogP contribution in [0.1, 0.15) is 133 Å². The number of fused-ring (bicyclic) bond motifs is 7. The summed E-state index contributed by atoms with van der Waals surface area (Å²) in [5.74, 6) is 1.50. The zero-order valence-electron chi connectivity index (χ0n) is 42.2. The summed E-state index contributed by atoms with van der Waals surface area (Å²) in [5.41, 5.74) is 23.3. The Bertz CT molecular complexity index is 3460. The molecular weight excluding hydrogens is 1030 g/mol. The van der Waals surface area contributed by atoms with Crippen molar-refractivity contribution in [3.8, 4) is 67.8 Å². The number of pyridine rings is 1. The van der Waals surface area contributed by atoms with E-state index in [4.69, 9.17) is 4.98 Å². The first-order valence-electron chi connectivity index (χ1n) is 24.4. The molecular formula is C65H60IrN4-2. The van der Waals surface area contributed by atoms with Gasteiger partial charge in [-0.05, 0) is 132 Å². The fourth-order valence-corrected chi connectivity index (χ4v) is 10.9. The number of benzene rings is 7. The smallest absolute Gasteiger partial charge is 0.0991 e. The van der Waals surface area contributed by atoms with Gasteiger partial charge in [-0.15, -0.1) is 65.2 Å². The predicted molar refractivity (Wildman–Crippen MR) is 286 cm³/mol. The molecule has 7 aromatic carbocycles. The van der Waals surface area contributed by atoms with Crippen molar-refractivity contribution >= 4 is 11.0 Å². The van der Waals surface area contributed by atoms with Crippen LogP contribution in [0.25, 0.3) is 72.7 Å². The second kappa shape index (κ2) is 18.2. The Morgan fingerprint density at radius 3 is 1.91 bits per heavy atom. The SMILES string of the molecule is CC(C)(C)c1ccnc(-c2[c-]cccc2)c1.CC(C)c1cc(-c2ccccc2)cc(C(C)C)c1-n1c(-c2[c-]ccc3c2C(C)(C)c2cc4c(cc2-3)C(C)(C)c2cc(C#N)ccc2-4)nc2ccccc21.[Ir]. The van der Waals surface area contributed by atoms with Gasteiger partial charge < -0.3 is 9.55 Å². The number of nitriles is 1. The quantitative estimate of drug-likeness (QED) is 0.156. The minimum Gasteiger partial charge on any atom is -0.333 e. The maximum Gasteiger partial charge on any atom is 0.0991 e. The predicted octanol–water partition coefficient (Wildman–Crippen LogP) is 16.7. The van der Waals surface area contributed by atoms with E-state index in [2.05, 4.69) is 219 Å². The molecule has 70 heavy (non-hydrogen) atoms. The van der Waals surface area contributed by atoms with Crippen molar-refractivity contribution in [2.24, 2.45) is 0 Å². The van der Waals surface area contributed by atoms with Crippen LogP contribution in [0.3, 0.4) is 0 Å². The monoisotopic (exact) mass is 1090 g/mol.